The summed E-state index contributed by atoms with van der Waals surface area (Å²) in [5.74, 6) is 0.422. The third-order valence-electron chi connectivity index (χ3n) is 2.45. The zero-order valence-corrected chi connectivity index (χ0v) is 12.5. The van der Waals surface area contributed by atoms with Crippen LogP contribution in [0.25, 0.3) is 0 Å². The third kappa shape index (κ3) is 9.45. The number of carbonyl (C=O) groups excluding carboxylic acids is 1. The highest BCUT2D eigenvalue weighted by Gasteiger charge is 2.17. The topological polar surface area (TPSA) is 64.3 Å². The lowest BCUT2D eigenvalue weighted by molar-refractivity contribution is -0.132. The van der Waals surface area contributed by atoms with Gasteiger partial charge in [-0.1, -0.05) is 19.9 Å². The largest absolute Gasteiger partial charge is 0.368 e. The zero-order chi connectivity index (χ0) is 13.3. The van der Waals surface area contributed by atoms with Gasteiger partial charge in [-0.15, -0.1) is 19.0 Å². The lowest BCUT2D eigenvalue weighted by atomic mass is 10.0. The predicted octanol–water partition coefficient (Wildman–Crippen LogP) is 1.88. The number of ether oxygens (including phenoxy) is 1. The molecule has 2 atom stereocenters. The molecule has 0 aromatic carbocycles. The highest BCUT2D eigenvalue weighted by Crippen LogP contribution is 2.04. The van der Waals surface area contributed by atoms with Gasteiger partial charge in [-0.3, -0.25) is 4.79 Å². The number of nitrogens with two attached hydrogens (primary N) is 1. The van der Waals surface area contributed by atoms with Gasteiger partial charge >= 0.3 is 0 Å². The molecule has 0 aromatic heterocycles. The Labute approximate surface area is 117 Å². The van der Waals surface area contributed by atoms with Gasteiger partial charge in [0.15, 0.2) is 0 Å². The second-order valence-corrected chi connectivity index (χ2v) is 4.66. The number of nitrogens with one attached hydrogen (secondary N) is 1. The van der Waals surface area contributed by atoms with Gasteiger partial charge in [-0.2, -0.15) is 0 Å². The molecule has 0 saturated carbocycles. The normalized spacial score (nSPS) is 13.6. The molecule has 0 spiro atoms. The molecule has 0 heterocycles. The summed E-state index contributed by atoms with van der Waals surface area (Å²) < 4.78 is 5.37. The Kier molecular flexibility index (Phi) is 12.6. The predicted molar refractivity (Wildman–Crippen MR) is 77.9 cm³/mol. The van der Waals surface area contributed by atoms with E-state index in [4.69, 9.17) is 10.5 Å². The average Bonchev–Trinajstić information content (AvgIpc) is 2.27. The van der Waals surface area contributed by atoms with Crippen molar-refractivity contribution in [1.82, 2.24) is 5.32 Å². The maximum absolute atomic E-state index is 11.8. The van der Waals surface area contributed by atoms with E-state index in [0.29, 0.717) is 19.1 Å². The van der Waals surface area contributed by atoms with Gasteiger partial charge in [-0.25, -0.2) is 0 Å². The minimum absolute atomic E-state index is 0. The molecule has 3 N–H and O–H groups in total. The summed E-state index contributed by atoms with van der Waals surface area (Å²) in [7, 11) is 0. The van der Waals surface area contributed by atoms with Gasteiger partial charge in [0, 0.05) is 12.6 Å². The molecule has 1 amide bonds. The molecule has 0 saturated heterocycles. The summed E-state index contributed by atoms with van der Waals surface area (Å²) in [4.78, 5) is 11.8. The summed E-state index contributed by atoms with van der Waals surface area (Å²) in [6, 6.07) is 0.0351. The summed E-state index contributed by atoms with van der Waals surface area (Å²) in [6.07, 6.45) is 2.98. The van der Waals surface area contributed by atoms with E-state index in [1.807, 2.05) is 0 Å². The van der Waals surface area contributed by atoms with Crippen LogP contribution in [-0.2, 0) is 9.53 Å². The summed E-state index contributed by atoms with van der Waals surface area (Å²) in [5, 5.41) is 2.91. The van der Waals surface area contributed by atoms with E-state index in [2.05, 4.69) is 25.7 Å². The Morgan fingerprint density at radius 2 is 2.06 bits per heavy atom. The fraction of sp³-hybridized carbons (Fsp3) is 0.769. The van der Waals surface area contributed by atoms with E-state index in [1.165, 1.54) is 0 Å². The Hall–Kier alpha value is -0.580. The van der Waals surface area contributed by atoms with Crippen LogP contribution in [0.1, 0.15) is 33.6 Å². The summed E-state index contributed by atoms with van der Waals surface area (Å²) >= 11 is 0. The molecule has 0 bridgehead atoms. The first-order valence-electron chi connectivity index (χ1n) is 6.24. The Balaban J connectivity index is 0. The minimum Gasteiger partial charge on any atom is -0.368 e. The van der Waals surface area contributed by atoms with Crippen molar-refractivity contribution in [2.45, 2.75) is 45.8 Å². The van der Waals surface area contributed by atoms with Gasteiger partial charge in [0.1, 0.15) is 6.10 Å². The first-order chi connectivity index (χ1) is 8.01. The maximum atomic E-state index is 11.8. The van der Waals surface area contributed by atoms with Crippen molar-refractivity contribution in [2.24, 2.45) is 11.7 Å². The second kappa shape index (κ2) is 11.5. The number of hydrogen-bond donors (Lipinski definition) is 2. The van der Waals surface area contributed by atoms with Crippen LogP contribution in [-0.4, -0.2) is 31.2 Å². The van der Waals surface area contributed by atoms with Crippen LogP contribution < -0.4 is 11.1 Å². The van der Waals surface area contributed by atoms with E-state index >= 15 is 0 Å². The number of halogens is 1. The van der Waals surface area contributed by atoms with Crippen LogP contribution in [0.15, 0.2) is 12.7 Å². The quantitative estimate of drug-likeness (QED) is 0.500. The Bertz CT molecular complexity index is 235. The van der Waals surface area contributed by atoms with Crippen molar-refractivity contribution in [3.8, 4) is 0 Å². The number of carbonyl (C=O) groups is 1. The van der Waals surface area contributed by atoms with Gasteiger partial charge in [-0.05, 0) is 25.7 Å². The number of amides is 1. The summed E-state index contributed by atoms with van der Waals surface area (Å²) in [6.45, 7) is 10.6. The summed E-state index contributed by atoms with van der Waals surface area (Å²) in [5.41, 5.74) is 5.62. The second-order valence-electron chi connectivity index (χ2n) is 4.66. The highest BCUT2D eigenvalue weighted by atomic mass is 35.5. The highest BCUT2D eigenvalue weighted by molar-refractivity contribution is 5.85. The molecule has 0 aliphatic heterocycles. The van der Waals surface area contributed by atoms with E-state index in [9.17, 15) is 4.79 Å². The minimum atomic E-state index is -0.434. The lowest BCUT2D eigenvalue weighted by Crippen LogP contribution is -2.45. The molecule has 0 rings (SSSR count). The van der Waals surface area contributed by atoms with Gasteiger partial charge in [0.05, 0.1) is 6.61 Å². The van der Waals surface area contributed by atoms with E-state index < -0.39 is 6.10 Å². The molecule has 4 nitrogen and oxygen atoms in total. The smallest absolute Gasteiger partial charge is 0.249 e. The molecule has 108 valence electrons. The Morgan fingerprint density at radius 1 is 1.44 bits per heavy atom. The molecule has 0 aliphatic carbocycles. The molecule has 5 heteroatoms. The van der Waals surface area contributed by atoms with Crippen LogP contribution in [0.3, 0.4) is 0 Å². The van der Waals surface area contributed by atoms with Crippen molar-refractivity contribution in [2.75, 3.05) is 13.2 Å². The van der Waals surface area contributed by atoms with E-state index in [0.717, 1.165) is 12.8 Å². The molecule has 0 fully saturated rings. The average molecular weight is 279 g/mol. The number of hydrogen-bond acceptors (Lipinski definition) is 3. The van der Waals surface area contributed by atoms with Crippen molar-refractivity contribution < 1.29 is 9.53 Å². The van der Waals surface area contributed by atoms with Gasteiger partial charge in [0.2, 0.25) is 5.91 Å². The van der Waals surface area contributed by atoms with E-state index in [1.54, 1.807) is 13.0 Å². The first kappa shape index (κ1) is 19.8. The van der Waals surface area contributed by atoms with Gasteiger partial charge in [0.25, 0.3) is 0 Å². The molecule has 0 aliphatic rings. The molecule has 2 unspecified atom stereocenters. The van der Waals surface area contributed by atoms with E-state index in [-0.39, 0.29) is 24.4 Å². The van der Waals surface area contributed by atoms with Crippen molar-refractivity contribution in [1.29, 1.82) is 0 Å². The molecular weight excluding hydrogens is 252 g/mol. The van der Waals surface area contributed by atoms with Crippen molar-refractivity contribution in [3.63, 3.8) is 0 Å². The molecule has 18 heavy (non-hydrogen) atoms. The molecular formula is C13H27ClN2O2. The molecule has 0 radical (unpaired) electrons. The zero-order valence-electron chi connectivity index (χ0n) is 11.6. The fourth-order valence-electron chi connectivity index (χ4n) is 1.51. The van der Waals surface area contributed by atoms with Crippen LogP contribution in [0.2, 0.25) is 0 Å². The molecule has 0 aromatic rings. The van der Waals surface area contributed by atoms with Crippen molar-refractivity contribution >= 4 is 18.3 Å². The van der Waals surface area contributed by atoms with Crippen LogP contribution >= 0.6 is 12.4 Å². The maximum Gasteiger partial charge on any atom is 0.249 e. The first-order valence-corrected chi connectivity index (χ1v) is 6.24. The SMILES string of the molecule is C=CCCOC(C)C(=O)NC(CN)CC(C)C.Cl. The monoisotopic (exact) mass is 278 g/mol. The standard InChI is InChI=1S/C13H26N2O2.ClH/c1-5-6-7-17-11(4)13(16)15-12(9-14)8-10(2)3;/h5,10-12H,1,6-9,14H2,2-4H3,(H,15,16);1H. The van der Waals surface area contributed by atoms with Crippen LogP contribution in [0.4, 0.5) is 0 Å². The van der Waals surface area contributed by atoms with Crippen molar-refractivity contribution in [3.05, 3.63) is 12.7 Å². The van der Waals surface area contributed by atoms with Crippen LogP contribution in [0, 0.1) is 5.92 Å². The Morgan fingerprint density at radius 3 is 2.50 bits per heavy atom. The third-order valence-corrected chi connectivity index (χ3v) is 2.45. The fourth-order valence-corrected chi connectivity index (χ4v) is 1.51. The number of rotatable bonds is 9. The van der Waals surface area contributed by atoms with Gasteiger partial charge < -0.3 is 15.8 Å². The van der Waals surface area contributed by atoms with Crippen LogP contribution in [0.5, 0.6) is 0 Å². The lowest BCUT2D eigenvalue weighted by Gasteiger charge is -2.21.